The van der Waals surface area contributed by atoms with Gasteiger partial charge in [0, 0.05) is 17.4 Å². The lowest BCUT2D eigenvalue weighted by atomic mass is 10.1. The Morgan fingerprint density at radius 2 is 1.90 bits per heavy atom. The maximum Gasteiger partial charge on any atom is 0.410 e. The Bertz CT molecular complexity index is 947. The van der Waals surface area contributed by atoms with Crippen molar-refractivity contribution in [2.45, 2.75) is 37.8 Å². The molecule has 1 aromatic carbocycles. The van der Waals surface area contributed by atoms with Gasteiger partial charge in [-0.2, -0.15) is 0 Å². The molecule has 1 aromatic rings. The van der Waals surface area contributed by atoms with Crippen LogP contribution in [0.4, 0.5) is 9.18 Å². The minimum absolute atomic E-state index is 0.0300. The molecule has 0 spiro atoms. The van der Waals surface area contributed by atoms with Gasteiger partial charge in [-0.25, -0.2) is 17.6 Å². The fourth-order valence-corrected chi connectivity index (χ4v) is 4.65. The molecule has 0 radical (unpaired) electrons. The zero-order valence-corrected chi connectivity index (χ0v) is 19.3. The molecule has 1 fully saturated rings. The first-order valence-corrected chi connectivity index (χ1v) is 11.6. The van der Waals surface area contributed by atoms with Crippen molar-refractivity contribution in [3.63, 3.8) is 0 Å². The van der Waals surface area contributed by atoms with Gasteiger partial charge in [-0.05, 0) is 32.4 Å². The van der Waals surface area contributed by atoms with Gasteiger partial charge in [0.1, 0.15) is 5.60 Å². The van der Waals surface area contributed by atoms with Gasteiger partial charge in [-0.15, -0.1) is 0 Å². The number of Topliss-reactive ketones (excluding diaryl/α,β-unsaturated/α-hetero) is 1. The summed E-state index contributed by atoms with van der Waals surface area (Å²) in [5, 5.41) is -1.31. The molecule has 2 amide bonds. The maximum absolute atomic E-state index is 15.4. The molecule has 1 N–H and O–H groups in total. The quantitative estimate of drug-likeness (QED) is 0.653. The van der Waals surface area contributed by atoms with E-state index < -0.39 is 57.1 Å². The molecule has 1 atom stereocenters. The molecule has 0 aromatic heterocycles. The van der Waals surface area contributed by atoms with E-state index in [1.165, 1.54) is 0 Å². The average molecular weight is 507 g/mol. The highest BCUT2D eigenvalue weighted by Gasteiger charge is 2.56. The third-order valence-electron chi connectivity index (χ3n) is 4.30. The van der Waals surface area contributed by atoms with E-state index in [2.05, 4.69) is 21.2 Å². The van der Waals surface area contributed by atoms with E-state index in [9.17, 15) is 22.8 Å². The predicted molar refractivity (Wildman–Crippen MR) is 111 cm³/mol. The molecule has 2 rings (SSSR count). The molecule has 0 aliphatic carbocycles. The second-order valence-electron chi connectivity index (χ2n) is 7.94. The van der Waals surface area contributed by atoms with Crippen molar-refractivity contribution in [2.75, 3.05) is 25.4 Å². The summed E-state index contributed by atoms with van der Waals surface area (Å²) in [6, 6.07) is 6.97. The van der Waals surface area contributed by atoms with Crippen molar-refractivity contribution >= 4 is 43.6 Å². The highest BCUT2D eigenvalue weighted by atomic mass is 79.9. The van der Waals surface area contributed by atoms with E-state index in [-0.39, 0.29) is 13.0 Å². The SMILES string of the molecule is CC(C)(C)OC(=O)N1CCS(=O)(=O)C(F)(C(=O)NCC(=O)Cc2ccccc2Br)C1. The lowest BCUT2D eigenvalue weighted by Crippen LogP contribution is -2.62. The summed E-state index contributed by atoms with van der Waals surface area (Å²) in [7, 11) is -4.49. The third kappa shape index (κ3) is 5.78. The number of ketones is 1. The first-order valence-electron chi connectivity index (χ1n) is 9.18. The van der Waals surface area contributed by atoms with Crippen LogP contribution in [0.3, 0.4) is 0 Å². The number of alkyl halides is 1. The number of rotatable bonds is 5. The van der Waals surface area contributed by atoms with E-state index >= 15 is 4.39 Å². The van der Waals surface area contributed by atoms with Gasteiger partial charge in [0.2, 0.25) is 0 Å². The molecule has 11 heteroatoms. The van der Waals surface area contributed by atoms with Crippen LogP contribution >= 0.6 is 15.9 Å². The zero-order chi connectivity index (χ0) is 22.7. The maximum atomic E-state index is 15.4. The first kappa shape index (κ1) is 24.3. The fourth-order valence-electron chi connectivity index (χ4n) is 2.74. The van der Waals surface area contributed by atoms with Crippen LogP contribution in [0, 0.1) is 0 Å². The van der Waals surface area contributed by atoms with E-state index in [0.29, 0.717) is 10.0 Å². The van der Waals surface area contributed by atoms with Crippen LogP contribution in [-0.4, -0.2) is 67.1 Å². The standard InChI is InChI=1S/C19H24BrFN2O6S/c1-18(2,3)29-17(26)23-8-9-30(27,28)19(21,12-23)16(25)22-11-14(24)10-13-6-4-5-7-15(13)20/h4-7H,8-12H2,1-3H3,(H,22,25). The Kier molecular flexibility index (Phi) is 7.28. The van der Waals surface area contributed by atoms with Crippen LogP contribution < -0.4 is 5.32 Å². The molecule has 0 saturated carbocycles. The smallest absolute Gasteiger partial charge is 0.410 e. The molecule has 30 heavy (non-hydrogen) atoms. The highest BCUT2D eigenvalue weighted by Crippen LogP contribution is 2.28. The van der Waals surface area contributed by atoms with Crippen LogP contribution in [0.5, 0.6) is 0 Å². The minimum atomic E-state index is -4.49. The summed E-state index contributed by atoms with van der Waals surface area (Å²) >= 11 is 3.30. The Labute approximate surface area is 183 Å². The molecular weight excluding hydrogens is 483 g/mol. The minimum Gasteiger partial charge on any atom is -0.444 e. The van der Waals surface area contributed by atoms with Crippen molar-refractivity contribution in [2.24, 2.45) is 0 Å². The van der Waals surface area contributed by atoms with Crippen LogP contribution in [-0.2, 0) is 30.6 Å². The molecule has 1 aliphatic heterocycles. The number of nitrogens with zero attached hydrogens (tertiary/aromatic N) is 1. The normalized spacial score (nSPS) is 21.0. The second kappa shape index (κ2) is 9.01. The van der Waals surface area contributed by atoms with Crippen LogP contribution in [0.2, 0.25) is 0 Å². The number of carbonyl (C=O) groups is 3. The molecule has 1 heterocycles. The van der Waals surface area contributed by atoms with Crippen molar-refractivity contribution in [1.82, 2.24) is 10.2 Å². The van der Waals surface area contributed by atoms with Gasteiger partial charge < -0.3 is 15.0 Å². The molecule has 166 valence electrons. The number of sulfone groups is 1. The Morgan fingerprint density at radius 1 is 1.27 bits per heavy atom. The van der Waals surface area contributed by atoms with Crippen LogP contribution in [0.25, 0.3) is 0 Å². The fraction of sp³-hybridized carbons (Fsp3) is 0.526. The lowest BCUT2D eigenvalue weighted by Gasteiger charge is -2.36. The van der Waals surface area contributed by atoms with E-state index in [1.54, 1.807) is 45.0 Å². The van der Waals surface area contributed by atoms with Gasteiger partial charge in [0.25, 0.3) is 5.91 Å². The lowest BCUT2D eigenvalue weighted by molar-refractivity contribution is -0.131. The second-order valence-corrected chi connectivity index (χ2v) is 11.1. The number of halogens is 2. The number of nitrogens with one attached hydrogen (secondary N) is 1. The molecule has 0 bridgehead atoms. The van der Waals surface area contributed by atoms with E-state index in [0.717, 1.165) is 4.90 Å². The van der Waals surface area contributed by atoms with Gasteiger partial charge in [0.15, 0.2) is 15.6 Å². The zero-order valence-electron chi connectivity index (χ0n) is 16.9. The summed E-state index contributed by atoms with van der Waals surface area (Å²) in [4.78, 5) is 37.6. The highest BCUT2D eigenvalue weighted by molar-refractivity contribution is 9.10. The molecule has 8 nitrogen and oxygen atoms in total. The van der Waals surface area contributed by atoms with E-state index in [4.69, 9.17) is 4.74 Å². The summed E-state index contributed by atoms with van der Waals surface area (Å²) in [5.41, 5.74) is -0.194. The van der Waals surface area contributed by atoms with Crippen molar-refractivity contribution in [3.05, 3.63) is 34.3 Å². The monoisotopic (exact) mass is 506 g/mol. The topological polar surface area (TPSA) is 110 Å². The average Bonchev–Trinajstić information content (AvgIpc) is 2.62. The predicted octanol–water partition coefficient (Wildman–Crippen LogP) is 2.01. The van der Waals surface area contributed by atoms with Gasteiger partial charge in [-0.1, -0.05) is 34.1 Å². The van der Waals surface area contributed by atoms with Gasteiger partial charge >= 0.3 is 11.1 Å². The number of amides is 2. The number of ether oxygens (including phenoxy) is 1. The number of carbonyl (C=O) groups excluding carboxylic acids is 3. The largest absolute Gasteiger partial charge is 0.444 e. The molecule has 1 aliphatic rings. The van der Waals surface area contributed by atoms with Gasteiger partial charge in [0.05, 0.1) is 18.8 Å². The number of hydrogen-bond donors (Lipinski definition) is 1. The van der Waals surface area contributed by atoms with Crippen molar-refractivity contribution in [3.8, 4) is 0 Å². The van der Waals surface area contributed by atoms with Crippen molar-refractivity contribution in [1.29, 1.82) is 0 Å². The molecular formula is C19H24BrFN2O6S. The number of hydrogen-bond acceptors (Lipinski definition) is 6. The van der Waals surface area contributed by atoms with Crippen LogP contribution in [0.1, 0.15) is 26.3 Å². The number of benzene rings is 1. The summed E-state index contributed by atoms with van der Waals surface area (Å²) < 4.78 is 45.7. The van der Waals surface area contributed by atoms with Crippen molar-refractivity contribution < 1.29 is 31.9 Å². The van der Waals surface area contributed by atoms with E-state index in [1.807, 2.05) is 0 Å². The Balaban J connectivity index is 2.06. The van der Waals surface area contributed by atoms with Gasteiger partial charge in [-0.3, -0.25) is 9.59 Å². The third-order valence-corrected chi connectivity index (χ3v) is 7.09. The Hall–Kier alpha value is -2.01. The summed E-state index contributed by atoms with van der Waals surface area (Å²) in [6.07, 6.45) is -0.949. The Morgan fingerprint density at radius 3 is 2.50 bits per heavy atom. The molecule has 1 saturated heterocycles. The summed E-state index contributed by atoms with van der Waals surface area (Å²) in [6.45, 7) is 2.98. The summed E-state index contributed by atoms with van der Waals surface area (Å²) in [5.74, 6) is -2.64. The first-order chi connectivity index (χ1) is 13.7. The molecule has 1 unspecified atom stereocenters. The van der Waals surface area contributed by atoms with Crippen LogP contribution in [0.15, 0.2) is 28.7 Å².